The standard InChI is InChI=1S/C44H31NO/c1-44(2)38-23-20-32(25-37(38)35-21-22-36-34-18-9-10-19-41(34)46-43(36)42(35)44)30-16-11-17-31(24-30)33-26-39(28-12-5-3-6-13-28)45-40(27-33)29-14-7-4-8-15-29/h3-27H,1-2H3. The van der Waals surface area contributed by atoms with E-state index in [9.17, 15) is 0 Å². The van der Waals surface area contributed by atoms with E-state index < -0.39 is 0 Å². The van der Waals surface area contributed by atoms with E-state index in [4.69, 9.17) is 9.40 Å². The van der Waals surface area contributed by atoms with Crippen LogP contribution in [0.5, 0.6) is 0 Å². The number of furan rings is 1. The molecule has 0 saturated heterocycles. The maximum Gasteiger partial charge on any atom is 0.140 e. The molecule has 0 radical (unpaired) electrons. The van der Waals surface area contributed by atoms with Crippen LogP contribution in [0.2, 0.25) is 0 Å². The second-order valence-electron chi connectivity index (χ2n) is 12.8. The lowest BCUT2D eigenvalue weighted by molar-refractivity contribution is 0.620. The van der Waals surface area contributed by atoms with Crippen LogP contribution < -0.4 is 0 Å². The first kappa shape index (κ1) is 26.7. The Balaban J connectivity index is 1.17. The quantitative estimate of drug-likeness (QED) is 0.204. The summed E-state index contributed by atoms with van der Waals surface area (Å²) < 4.78 is 6.52. The Hall–Kier alpha value is -5.73. The van der Waals surface area contributed by atoms with Crippen LogP contribution in [0.1, 0.15) is 25.0 Å². The Labute approximate surface area is 268 Å². The Morgan fingerprint density at radius 3 is 1.78 bits per heavy atom. The van der Waals surface area contributed by atoms with Gasteiger partial charge in [0.1, 0.15) is 11.2 Å². The lowest BCUT2D eigenvalue weighted by atomic mass is 9.81. The SMILES string of the molecule is CC1(C)c2ccc(-c3cccc(-c4cc(-c5ccccc5)nc(-c5ccccc5)c4)c3)cc2-c2ccc3c(oc4ccccc43)c21. The fraction of sp³-hybridized carbons (Fsp3) is 0.0682. The number of fused-ring (bicyclic) bond motifs is 7. The fourth-order valence-electron chi connectivity index (χ4n) is 7.35. The molecule has 9 rings (SSSR count). The third-order valence-electron chi connectivity index (χ3n) is 9.65. The molecular formula is C44H31NO. The zero-order valence-electron chi connectivity index (χ0n) is 25.8. The second kappa shape index (κ2) is 10.2. The molecule has 2 heterocycles. The van der Waals surface area contributed by atoms with Crippen molar-refractivity contribution >= 4 is 21.9 Å². The highest BCUT2D eigenvalue weighted by Crippen LogP contribution is 2.53. The van der Waals surface area contributed by atoms with Gasteiger partial charge < -0.3 is 4.42 Å². The Bertz CT molecular complexity index is 2380. The second-order valence-corrected chi connectivity index (χ2v) is 12.8. The number of hydrogen-bond donors (Lipinski definition) is 0. The van der Waals surface area contributed by atoms with Crippen LogP contribution in [0.25, 0.3) is 77.8 Å². The van der Waals surface area contributed by atoms with Crippen molar-refractivity contribution < 1.29 is 4.42 Å². The van der Waals surface area contributed by atoms with E-state index in [1.165, 1.54) is 49.7 Å². The van der Waals surface area contributed by atoms with Gasteiger partial charge in [-0.1, -0.05) is 129 Å². The van der Waals surface area contributed by atoms with Gasteiger partial charge in [0.05, 0.1) is 11.4 Å². The van der Waals surface area contributed by atoms with E-state index in [0.717, 1.165) is 39.2 Å². The van der Waals surface area contributed by atoms with Crippen molar-refractivity contribution in [1.82, 2.24) is 4.98 Å². The minimum Gasteiger partial charge on any atom is -0.456 e. The molecule has 0 unspecified atom stereocenters. The summed E-state index contributed by atoms with van der Waals surface area (Å²) in [7, 11) is 0. The van der Waals surface area contributed by atoms with Crippen LogP contribution in [0.15, 0.2) is 156 Å². The molecule has 218 valence electrons. The summed E-state index contributed by atoms with van der Waals surface area (Å²) in [4.78, 5) is 5.08. The van der Waals surface area contributed by atoms with Gasteiger partial charge in [0, 0.05) is 32.9 Å². The number of aromatic nitrogens is 1. The molecule has 46 heavy (non-hydrogen) atoms. The van der Waals surface area contributed by atoms with Gasteiger partial charge in [-0.25, -0.2) is 4.98 Å². The predicted molar refractivity (Wildman–Crippen MR) is 191 cm³/mol. The topological polar surface area (TPSA) is 26.0 Å². The van der Waals surface area contributed by atoms with E-state index in [2.05, 4.69) is 147 Å². The molecule has 0 atom stereocenters. The average Bonchev–Trinajstić information content (AvgIpc) is 3.60. The van der Waals surface area contributed by atoms with Gasteiger partial charge in [0.15, 0.2) is 0 Å². The van der Waals surface area contributed by atoms with Gasteiger partial charge >= 0.3 is 0 Å². The van der Waals surface area contributed by atoms with E-state index in [1.807, 2.05) is 18.2 Å². The molecule has 2 nitrogen and oxygen atoms in total. The van der Waals surface area contributed by atoms with Gasteiger partial charge in [-0.2, -0.15) is 0 Å². The Morgan fingerprint density at radius 2 is 1.07 bits per heavy atom. The van der Waals surface area contributed by atoms with Gasteiger partial charge in [-0.15, -0.1) is 0 Å². The maximum atomic E-state index is 6.52. The molecule has 0 amide bonds. The number of pyridine rings is 1. The van der Waals surface area contributed by atoms with E-state index in [1.54, 1.807) is 0 Å². The summed E-state index contributed by atoms with van der Waals surface area (Å²) in [6.07, 6.45) is 0. The molecule has 1 aliphatic carbocycles. The van der Waals surface area contributed by atoms with Crippen molar-refractivity contribution in [2.24, 2.45) is 0 Å². The van der Waals surface area contributed by atoms with Crippen LogP contribution >= 0.6 is 0 Å². The summed E-state index contributed by atoms with van der Waals surface area (Å²) in [5.41, 5.74) is 15.8. The summed E-state index contributed by atoms with van der Waals surface area (Å²) in [6, 6.07) is 54.0. The number of para-hydroxylation sites is 1. The minimum atomic E-state index is -0.169. The summed E-state index contributed by atoms with van der Waals surface area (Å²) in [5, 5.41) is 2.36. The summed E-state index contributed by atoms with van der Waals surface area (Å²) in [6.45, 7) is 4.64. The molecule has 1 aliphatic rings. The third-order valence-corrected chi connectivity index (χ3v) is 9.65. The first-order valence-electron chi connectivity index (χ1n) is 15.9. The van der Waals surface area contributed by atoms with Gasteiger partial charge in [-0.05, 0) is 75.3 Å². The van der Waals surface area contributed by atoms with Crippen LogP contribution in [0, 0.1) is 0 Å². The highest BCUT2D eigenvalue weighted by atomic mass is 16.3. The van der Waals surface area contributed by atoms with Crippen LogP contribution in [0.4, 0.5) is 0 Å². The lowest BCUT2D eigenvalue weighted by Gasteiger charge is -2.21. The van der Waals surface area contributed by atoms with Crippen LogP contribution in [-0.4, -0.2) is 4.98 Å². The minimum absolute atomic E-state index is 0.169. The van der Waals surface area contributed by atoms with E-state index in [0.29, 0.717) is 0 Å². The number of hydrogen-bond acceptors (Lipinski definition) is 2. The molecule has 8 aromatic rings. The monoisotopic (exact) mass is 589 g/mol. The third kappa shape index (κ3) is 4.14. The van der Waals surface area contributed by atoms with Gasteiger partial charge in [0.2, 0.25) is 0 Å². The highest BCUT2D eigenvalue weighted by molar-refractivity contribution is 6.09. The molecule has 2 aromatic heterocycles. The number of benzene rings is 6. The first-order chi connectivity index (χ1) is 22.5. The largest absolute Gasteiger partial charge is 0.456 e. The molecule has 0 N–H and O–H groups in total. The molecule has 0 spiro atoms. The molecule has 0 fully saturated rings. The maximum absolute atomic E-state index is 6.52. The molecule has 0 aliphatic heterocycles. The van der Waals surface area contributed by atoms with Crippen molar-refractivity contribution in [3.05, 3.63) is 163 Å². The molecule has 0 saturated carbocycles. The van der Waals surface area contributed by atoms with Gasteiger partial charge in [0.25, 0.3) is 0 Å². The zero-order chi connectivity index (χ0) is 30.8. The Morgan fingerprint density at radius 1 is 0.457 bits per heavy atom. The van der Waals surface area contributed by atoms with Crippen molar-refractivity contribution in [2.45, 2.75) is 19.3 Å². The van der Waals surface area contributed by atoms with E-state index in [-0.39, 0.29) is 5.41 Å². The smallest absolute Gasteiger partial charge is 0.140 e. The van der Waals surface area contributed by atoms with Crippen LogP contribution in [-0.2, 0) is 5.41 Å². The van der Waals surface area contributed by atoms with Crippen molar-refractivity contribution in [2.75, 3.05) is 0 Å². The highest BCUT2D eigenvalue weighted by Gasteiger charge is 2.38. The lowest BCUT2D eigenvalue weighted by Crippen LogP contribution is -2.15. The molecule has 6 aromatic carbocycles. The summed E-state index contributed by atoms with van der Waals surface area (Å²) in [5.74, 6) is 0. The Kier molecular flexibility index (Phi) is 5.88. The number of nitrogens with zero attached hydrogens (tertiary/aromatic N) is 1. The predicted octanol–water partition coefficient (Wildman–Crippen LogP) is 12.0. The fourth-order valence-corrected chi connectivity index (χ4v) is 7.35. The molecular weight excluding hydrogens is 558 g/mol. The molecule has 2 heteroatoms. The van der Waals surface area contributed by atoms with Crippen molar-refractivity contribution in [3.8, 4) is 55.9 Å². The normalized spacial score (nSPS) is 13.2. The first-order valence-corrected chi connectivity index (χ1v) is 15.9. The van der Waals surface area contributed by atoms with Crippen molar-refractivity contribution in [1.29, 1.82) is 0 Å². The van der Waals surface area contributed by atoms with Gasteiger partial charge in [-0.3, -0.25) is 0 Å². The summed E-state index contributed by atoms with van der Waals surface area (Å²) >= 11 is 0. The van der Waals surface area contributed by atoms with Crippen molar-refractivity contribution in [3.63, 3.8) is 0 Å². The van der Waals surface area contributed by atoms with E-state index >= 15 is 0 Å². The number of rotatable bonds is 4. The van der Waals surface area contributed by atoms with Crippen LogP contribution in [0.3, 0.4) is 0 Å². The zero-order valence-corrected chi connectivity index (χ0v) is 25.8. The average molecular weight is 590 g/mol. The molecule has 0 bridgehead atoms.